The van der Waals surface area contributed by atoms with Crippen molar-refractivity contribution in [1.29, 1.82) is 0 Å². The number of fused-ring (bicyclic) bond motifs is 1. The van der Waals surface area contributed by atoms with Crippen molar-refractivity contribution < 1.29 is 9.53 Å². The van der Waals surface area contributed by atoms with E-state index in [1.54, 1.807) is 6.07 Å². The van der Waals surface area contributed by atoms with Crippen LogP contribution in [0.3, 0.4) is 0 Å². The van der Waals surface area contributed by atoms with Gasteiger partial charge >= 0.3 is 0 Å². The Hall–Kier alpha value is -2.01. The predicted molar refractivity (Wildman–Crippen MR) is 68.0 cm³/mol. The van der Waals surface area contributed by atoms with Crippen LogP contribution in [0, 0.1) is 0 Å². The van der Waals surface area contributed by atoms with Gasteiger partial charge in [0.15, 0.2) is 11.9 Å². The van der Waals surface area contributed by atoms with Gasteiger partial charge in [-0.3, -0.25) is 4.79 Å². The summed E-state index contributed by atoms with van der Waals surface area (Å²) < 4.78 is 5.31. The van der Waals surface area contributed by atoms with Gasteiger partial charge in [0, 0.05) is 18.5 Å². The van der Waals surface area contributed by atoms with Gasteiger partial charge in [0.1, 0.15) is 11.5 Å². The first-order valence-corrected chi connectivity index (χ1v) is 5.92. The third kappa shape index (κ3) is 2.04. The highest BCUT2D eigenvalue weighted by molar-refractivity contribution is 5.81. The summed E-state index contributed by atoms with van der Waals surface area (Å²) in [4.78, 5) is 21.6. The average Bonchev–Trinajstić information content (AvgIpc) is 2.47. The minimum atomic E-state index is 0.411. The lowest BCUT2D eigenvalue weighted by Gasteiger charge is -2.27. The van der Waals surface area contributed by atoms with E-state index >= 15 is 0 Å². The van der Waals surface area contributed by atoms with Crippen LogP contribution in [0.4, 0.5) is 5.82 Å². The average molecular weight is 243 g/mol. The van der Waals surface area contributed by atoms with Crippen molar-refractivity contribution in [3.8, 4) is 0 Å². The first-order chi connectivity index (χ1) is 8.86. The number of anilines is 1. The minimum Gasteiger partial charge on any atom is -0.378 e. The summed E-state index contributed by atoms with van der Waals surface area (Å²) in [5.74, 6) is 0.890. The summed E-state index contributed by atoms with van der Waals surface area (Å²) in [6, 6.07) is 7.53. The number of carbonyl (C=O) groups excluding carboxylic acids is 1. The maximum Gasteiger partial charge on any atom is 0.168 e. The molecule has 0 N–H and O–H groups in total. The molecule has 3 heterocycles. The molecule has 0 spiro atoms. The van der Waals surface area contributed by atoms with Crippen LogP contribution in [0.25, 0.3) is 11.0 Å². The molecule has 0 saturated carbocycles. The van der Waals surface area contributed by atoms with E-state index < -0.39 is 0 Å². The van der Waals surface area contributed by atoms with Crippen LogP contribution in [0.5, 0.6) is 0 Å². The molecule has 1 aliphatic heterocycles. The normalized spacial score (nSPS) is 15.9. The molecule has 0 bridgehead atoms. The van der Waals surface area contributed by atoms with Crippen molar-refractivity contribution in [2.75, 3.05) is 31.2 Å². The first kappa shape index (κ1) is 11.1. The molecule has 1 saturated heterocycles. The van der Waals surface area contributed by atoms with Crippen molar-refractivity contribution in [1.82, 2.24) is 9.97 Å². The lowest BCUT2D eigenvalue weighted by Crippen LogP contribution is -2.36. The molecule has 0 aromatic carbocycles. The van der Waals surface area contributed by atoms with Gasteiger partial charge in [0.25, 0.3) is 0 Å². The fraction of sp³-hybridized carbons (Fsp3) is 0.308. The molecule has 1 aliphatic rings. The second-order valence-electron chi connectivity index (χ2n) is 4.17. The fourth-order valence-electron chi connectivity index (χ4n) is 2.04. The van der Waals surface area contributed by atoms with Crippen molar-refractivity contribution in [2.45, 2.75) is 0 Å². The van der Waals surface area contributed by atoms with E-state index in [1.165, 1.54) is 0 Å². The smallest absolute Gasteiger partial charge is 0.168 e. The van der Waals surface area contributed by atoms with Gasteiger partial charge in [-0.05, 0) is 24.3 Å². The van der Waals surface area contributed by atoms with Gasteiger partial charge in [-0.25, -0.2) is 9.97 Å². The standard InChI is InChI=1S/C13H13N3O2/c17-9-11-3-1-10-2-4-12(15-13(10)14-11)16-5-7-18-8-6-16/h1-4,9H,5-8H2. The number of ether oxygens (including phenoxy) is 1. The molecular weight excluding hydrogens is 230 g/mol. The van der Waals surface area contributed by atoms with Crippen LogP contribution in [0.2, 0.25) is 0 Å². The zero-order valence-corrected chi connectivity index (χ0v) is 9.87. The van der Waals surface area contributed by atoms with Gasteiger partial charge in [0.05, 0.1) is 13.2 Å². The third-order valence-corrected chi connectivity index (χ3v) is 3.02. The Morgan fingerprint density at radius 3 is 2.67 bits per heavy atom. The lowest BCUT2D eigenvalue weighted by molar-refractivity contribution is 0.111. The largest absolute Gasteiger partial charge is 0.378 e. The zero-order chi connectivity index (χ0) is 12.4. The Balaban J connectivity index is 2.00. The summed E-state index contributed by atoms with van der Waals surface area (Å²) in [6.07, 6.45) is 0.739. The number of nitrogens with zero attached hydrogens (tertiary/aromatic N) is 3. The van der Waals surface area contributed by atoms with Crippen molar-refractivity contribution >= 4 is 23.1 Å². The maximum atomic E-state index is 10.7. The first-order valence-electron chi connectivity index (χ1n) is 5.92. The number of aldehydes is 1. The van der Waals surface area contributed by atoms with Gasteiger partial charge in [-0.2, -0.15) is 0 Å². The SMILES string of the molecule is O=Cc1ccc2ccc(N3CCOCC3)nc2n1. The molecule has 0 unspecified atom stereocenters. The summed E-state index contributed by atoms with van der Waals surface area (Å²) in [5, 5.41) is 0.942. The minimum absolute atomic E-state index is 0.411. The molecule has 0 atom stereocenters. The molecular formula is C13H13N3O2. The van der Waals surface area contributed by atoms with E-state index in [0.29, 0.717) is 11.3 Å². The molecule has 2 aromatic heterocycles. The van der Waals surface area contributed by atoms with Crippen LogP contribution in [-0.4, -0.2) is 42.6 Å². The van der Waals surface area contributed by atoms with Crippen molar-refractivity contribution in [3.05, 3.63) is 30.0 Å². The molecule has 5 heteroatoms. The molecule has 2 aromatic rings. The number of rotatable bonds is 2. The van der Waals surface area contributed by atoms with E-state index in [2.05, 4.69) is 14.9 Å². The highest BCUT2D eigenvalue weighted by Crippen LogP contribution is 2.17. The quantitative estimate of drug-likeness (QED) is 0.744. The topological polar surface area (TPSA) is 55.3 Å². The number of hydrogen-bond donors (Lipinski definition) is 0. The lowest BCUT2D eigenvalue weighted by atomic mass is 10.2. The van der Waals surface area contributed by atoms with E-state index in [0.717, 1.165) is 43.8 Å². The molecule has 0 amide bonds. The monoisotopic (exact) mass is 243 g/mol. The molecule has 1 fully saturated rings. The number of carbonyl (C=O) groups is 1. The number of hydrogen-bond acceptors (Lipinski definition) is 5. The summed E-state index contributed by atoms with van der Waals surface area (Å²) in [5.41, 5.74) is 1.03. The molecule has 92 valence electrons. The predicted octanol–water partition coefficient (Wildman–Crippen LogP) is 1.28. The summed E-state index contributed by atoms with van der Waals surface area (Å²) >= 11 is 0. The van der Waals surface area contributed by atoms with Gasteiger partial charge in [-0.1, -0.05) is 0 Å². The van der Waals surface area contributed by atoms with E-state index in [-0.39, 0.29) is 0 Å². The Labute approximate surface area is 104 Å². The van der Waals surface area contributed by atoms with E-state index in [4.69, 9.17) is 4.74 Å². The van der Waals surface area contributed by atoms with Crippen molar-refractivity contribution in [2.24, 2.45) is 0 Å². The molecule has 5 nitrogen and oxygen atoms in total. The summed E-state index contributed by atoms with van der Waals surface area (Å²) in [6.45, 7) is 3.13. The van der Waals surface area contributed by atoms with Gasteiger partial charge in [-0.15, -0.1) is 0 Å². The molecule has 3 rings (SSSR count). The van der Waals surface area contributed by atoms with Gasteiger partial charge < -0.3 is 9.64 Å². The van der Waals surface area contributed by atoms with Crippen LogP contribution < -0.4 is 4.90 Å². The maximum absolute atomic E-state index is 10.7. The second-order valence-corrected chi connectivity index (χ2v) is 4.17. The van der Waals surface area contributed by atoms with Crippen LogP contribution >= 0.6 is 0 Å². The Morgan fingerprint density at radius 1 is 1.11 bits per heavy atom. The Kier molecular flexibility index (Phi) is 2.90. The zero-order valence-electron chi connectivity index (χ0n) is 9.87. The Morgan fingerprint density at radius 2 is 1.89 bits per heavy atom. The highest BCUT2D eigenvalue weighted by Gasteiger charge is 2.12. The van der Waals surface area contributed by atoms with E-state index in [1.807, 2.05) is 18.2 Å². The molecule has 18 heavy (non-hydrogen) atoms. The number of pyridine rings is 2. The summed E-state index contributed by atoms with van der Waals surface area (Å²) in [7, 11) is 0. The molecule has 0 aliphatic carbocycles. The number of aromatic nitrogens is 2. The fourth-order valence-corrected chi connectivity index (χ4v) is 2.04. The second kappa shape index (κ2) is 4.70. The van der Waals surface area contributed by atoms with Crippen LogP contribution in [0.1, 0.15) is 10.5 Å². The highest BCUT2D eigenvalue weighted by atomic mass is 16.5. The van der Waals surface area contributed by atoms with Gasteiger partial charge in [0.2, 0.25) is 0 Å². The molecule has 0 radical (unpaired) electrons. The Bertz CT molecular complexity index is 579. The van der Waals surface area contributed by atoms with Crippen LogP contribution in [-0.2, 0) is 4.74 Å². The van der Waals surface area contributed by atoms with E-state index in [9.17, 15) is 4.79 Å². The van der Waals surface area contributed by atoms with Crippen molar-refractivity contribution in [3.63, 3.8) is 0 Å². The third-order valence-electron chi connectivity index (χ3n) is 3.02. The van der Waals surface area contributed by atoms with Crippen LogP contribution in [0.15, 0.2) is 24.3 Å². The number of morpholine rings is 1.